The molecule has 1 aliphatic rings. The molecule has 0 aromatic carbocycles. The Morgan fingerprint density at radius 2 is 2.16 bits per heavy atom. The zero-order valence-electron chi connectivity index (χ0n) is 12.2. The lowest BCUT2D eigenvalue weighted by Gasteiger charge is -2.35. The summed E-state index contributed by atoms with van der Waals surface area (Å²) >= 11 is 3.73. The molecule has 1 unspecified atom stereocenters. The van der Waals surface area contributed by atoms with Crippen LogP contribution in [0.5, 0.6) is 0 Å². The Morgan fingerprint density at radius 1 is 1.37 bits per heavy atom. The number of aryl methyl sites for hydroxylation is 2. The monoisotopic (exact) mass is 329 g/mol. The van der Waals surface area contributed by atoms with Crippen molar-refractivity contribution in [2.45, 2.75) is 52.7 Å². The fourth-order valence-electron chi connectivity index (χ4n) is 2.63. The Labute approximate surface area is 124 Å². The lowest BCUT2D eigenvalue weighted by atomic mass is 10.1. The smallest absolute Gasteiger partial charge is 0.0767 e. The van der Waals surface area contributed by atoms with Gasteiger partial charge in [-0.3, -0.25) is 9.58 Å². The van der Waals surface area contributed by atoms with Crippen LogP contribution in [-0.2, 0) is 24.2 Å². The van der Waals surface area contributed by atoms with E-state index in [1.165, 1.54) is 10.2 Å². The van der Waals surface area contributed by atoms with Crippen molar-refractivity contribution < 1.29 is 4.74 Å². The predicted molar refractivity (Wildman–Crippen MR) is 80.3 cm³/mol. The lowest BCUT2D eigenvalue weighted by molar-refractivity contribution is -0.0139. The van der Waals surface area contributed by atoms with E-state index in [-0.39, 0.29) is 0 Å². The highest BCUT2D eigenvalue weighted by Gasteiger charge is 2.24. The fourth-order valence-corrected chi connectivity index (χ4v) is 3.32. The van der Waals surface area contributed by atoms with Crippen molar-refractivity contribution in [3.05, 3.63) is 15.9 Å². The van der Waals surface area contributed by atoms with E-state index in [4.69, 9.17) is 4.74 Å². The molecule has 1 fully saturated rings. The molecule has 1 atom stereocenters. The second-order valence-corrected chi connectivity index (χ2v) is 5.78. The molecule has 0 N–H and O–H groups in total. The van der Waals surface area contributed by atoms with E-state index in [1.807, 2.05) is 0 Å². The molecule has 0 aliphatic carbocycles. The summed E-state index contributed by atoms with van der Waals surface area (Å²) in [6, 6.07) is 0.533. The molecule has 0 spiro atoms. The van der Waals surface area contributed by atoms with Crippen LogP contribution in [0.2, 0.25) is 0 Å². The van der Waals surface area contributed by atoms with Crippen LogP contribution >= 0.6 is 15.9 Å². The SMILES string of the molecule is CCc1nn(CC)c(CN2CCOCC2CC)c1Br. The van der Waals surface area contributed by atoms with E-state index in [1.54, 1.807) is 0 Å². The van der Waals surface area contributed by atoms with Gasteiger partial charge in [0.15, 0.2) is 0 Å². The standard InChI is InChI=1S/C14H24BrN3O/c1-4-11-10-19-8-7-17(11)9-13-14(15)12(5-2)16-18(13)6-3/h11H,4-10H2,1-3H3. The van der Waals surface area contributed by atoms with E-state index in [0.29, 0.717) is 6.04 Å². The third-order valence-electron chi connectivity index (χ3n) is 3.87. The third kappa shape index (κ3) is 3.20. The van der Waals surface area contributed by atoms with Crippen LogP contribution in [0.15, 0.2) is 4.47 Å². The van der Waals surface area contributed by atoms with Crippen LogP contribution in [0.3, 0.4) is 0 Å². The highest BCUT2D eigenvalue weighted by atomic mass is 79.9. The van der Waals surface area contributed by atoms with Crippen molar-refractivity contribution in [3.63, 3.8) is 0 Å². The van der Waals surface area contributed by atoms with Crippen LogP contribution in [0, 0.1) is 0 Å². The van der Waals surface area contributed by atoms with Crippen molar-refractivity contribution in [2.75, 3.05) is 19.8 Å². The zero-order chi connectivity index (χ0) is 13.8. The molecular formula is C14H24BrN3O. The van der Waals surface area contributed by atoms with Crippen molar-refractivity contribution in [1.82, 2.24) is 14.7 Å². The summed E-state index contributed by atoms with van der Waals surface area (Å²) in [5, 5.41) is 4.67. The van der Waals surface area contributed by atoms with Crippen molar-refractivity contribution in [3.8, 4) is 0 Å². The molecule has 2 heterocycles. The molecular weight excluding hydrogens is 306 g/mol. The minimum Gasteiger partial charge on any atom is -0.378 e. The second-order valence-electron chi connectivity index (χ2n) is 4.98. The summed E-state index contributed by atoms with van der Waals surface area (Å²) < 4.78 is 8.90. The lowest BCUT2D eigenvalue weighted by Crippen LogP contribution is -2.44. The molecule has 0 amide bonds. The third-order valence-corrected chi connectivity index (χ3v) is 4.78. The van der Waals surface area contributed by atoms with E-state index >= 15 is 0 Å². The number of rotatable bonds is 5. The summed E-state index contributed by atoms with van der Waals surface area (Å²) in [6.07, 6.45) is 2.11. The fraction of sp³-hybridized carbons (Fsp3) is 0.786. The van der Waals surface area contributed by atoms with Gasteiger partial charge in [-0.05, 0) is 35.7 Å². The first kappa shape index (κ1) is 15.0. The molecule has 1 saturated heterocycles. The van der Waals surface area contributed by atoms with E-state index in [2.05, 4.69) is 51.4 Å². The van der Waals surface area contributed by atoms with Gasteiger partial charge in [-0.2, -0.15) is 5.10 Å². The molecule has 4 nitrogen and oxygen atoms in total. The van der Waals surface area contributed by atoms with Gasteiger partial charge in [0, 0.05) is 25.7 Å². The molecule has 108 valence electrons. The van der Waals surface area contributed by atoms with E-state index < -0.39 is 0 Å². The Balaban J connectivity index is 2.19. The number of nitrogens with zero attached hydrogens (tertiary/aromatic N) is 3. The van der Waals surface area contributed by atoms with Crippen LogP contribution in [0.4, 0.5) is 0 Å². The molecule has 2 rings (SSSR count). The summed E-state index contributed by atoms with van der Waals surface area (Å²) in [5.74, 6) is 0. The highest BCUT2D eigenvalue weighted by molar-refractivity contribution is 9.10. The first-order valence-corrected chi connectivity index (χ1v) is 8.06. The van der Waals surface area contributed by atoms with Crippen molar-refractivity contribution >= 4 is 15.9 Å². The van der Waals surface area contributed by atoms with Gasteiger partial charge >= 0.3 is 0 Å². The average Bonchev–Trinajstić information content (AvgIpc) is 2.76. The van der Waals surface area contributed by atoms with Gasteiger partial charge in [-0.25, -0.2) is 0 Å². The van der Waals surface area contributed by atoms with Crippen LogP contribution < -0.4 is 0 Å². The highest BCUT2D eigenvalue weighted by Crippen LogP contribution is 2.25. The van der Waals surface area contributed by atoms with Crippen molar-refractivity contribution in [1.29, 1.82) is 0 Å². The van der Waals surface area contributed by atoms with E-state index in [9.17, 15) is 0 Å². The topological polar surface area (TPSA) is 30.3 Å². The number of halogens is 1. The average molecular weight is 330 g/mol. The van der Waals surface area contributed by atoms with Gasteiger partial charge in [-0.15, -0.1) is 0 Å². The molecule has 1 aliphatic heterocycles. The normalized spacial score (nSPS) is 20.9. The van der Waals surface area contributed by atoms with Gasteiger partial charge in [-0.1, -0.05) is 13.8 Å². The number of aromatic nitrogens is 2. The van der Waals surface area contributed by atoms with Crippen LogP contribution in [0.25, 0.3) is 0 Å². The van der Waals surface area contributed by atoms with Gasteiger partial charge in [0.05, 0.1) is 29.1 Å². The summed E-state index contributed by atoms with van der Waals surface area (Å²) in [6.45, 7) is 11.1. The van der Waals surface area contributed by atoms with Crippen LogP contribution in [-0.4, -0.2) is 40.5 Å². The molecule has 0 bridgehead atoms. The first-order chi connectivity index (χ1) is 9.21. The van der Waals surface area contributed by atoms with Gasteiger partial charge in [0.2, 0.25) is 0 Å². The minimum atomic E-state index is 0.533. The first-order valence-electron chi connectivity index (χ1n) is 7.27. The Hall–Kier alpha value is -0.390. The van der Waals surface area contributed by atoms with Crippen LogP contribution in [0.1, 0.15) is 38.6 Å². The summed E-state index contributed by atoms with van der Waals surface area (Å²) in [5.41, 5.74) is 2.47. The largest absolute Gasteiger partial charge is 0.378 e. The molecule has 1 aromatic rings. The quantitative estimate of drug-likeness (QED) is 0.832. The van der Waals surface area contributed by atoms with E-state index in [0.717, 1.165) is 51.4 Å². The van der Waals surface area contributed by atoms with Gasteiger partial charge in [0.1, 0.15) is 0 Å². The molecule has 1 aromatic heterocycles. The maximum absolute atomic E-state index is 5.58. The summed E-state index contributed by atoms with van der Waals surface area (Å²) in [4.78, 5) is 2.52. The molecule has 0 saturated carbocycles. The number of hydrogen-bond acceptors (Lipinski definition) is 3. The number of ether oxygens (including phenoxy) is 1. The number of morpholine rings is 1. The molecule has 19 heavy (non-hydrogen) atoms. The predicted octanol–water partition coefficient (Wildman–Crippen LogP) is 2.84. The molecule has 5 heteroatoms. The van der Waals surface area contributed by atoms with Gasteiger partial charge in [0.25, 0.3) is 0 Å². The second kappa shape index (κ2) is 6.86. The van der Waals surface area contributed by atoms with Gasteiger partial charge < -0.3 is 4.74 Å². The zero-order valence-corrected chi connectivity index (χ0v) is 13.7. The summed E-state index contributed by atoms with van der Waals surface area (Å²) in [7, 11) is 0. The molecule has 0 radical (unpaired) electrons. The number of hydrogen-bond donors (Lipinski definition) is 0. The maximum atomic E-state index is 5.58. The minimum absolute atomic E-state index is 0.533. The Bertz CT molecular complexity index is 419. The Kier molecular flexibility index (Phi) is 5.42. The van der Waals surface area contributed by atoms with Crippen molar-refractivity contribution in [2.24, 2.45) is 0 Å². The maximum Gasteiger partial charge on any atom is 0.0767 e. The Morgan fingerprint density at radius 3 is 2.79 bits per heavy atom.